The zero-order valence-electron chi connectivity index (χ0n) is 10.0. The molecule has 5 nitrogen and oxygen atoms in total. The van der Waals surface area contributed by atoms with Gasteiger partial charge in [0.15, 0.2) is 0 Å². The van der Waals surface area contributed by atoms with Crippen molar-refractivity contribution < 1.29 is 21.3 Å². The molecule has 1 N–H and O–H groups in total. The molecule has 1 aromatic carbocycles. The van der Waals surface area contributed by atoms with E-state index in [0.29, 0.717) is 12.5 Å². The minimum atomic E-state index is -5.08. The van der Waals surface area contributed by atoms with Gasteiger partial charge in [-0.3, -0.25) is 4.79 Å². The van der Waals surface area contributed by atoms with Crippen LogP contribution < -0.4 is 9.50 Å². The molecular formula is C11H14FNO4S. The van der Waals surface area contributed by atoms with Gasteiger partial charge in [0.05, 0.1) is 0 Å². The smallest absolute Gasteiger partial charge is 0.358 e. The van der Waals surface area contributed by atoms with Gasteiger partial charge in [-0.2, -0.15) is 8.42 Å². The van der Waals surface area contributed by atoms with E-state index in [1.54, 1.807) is 0 Å². The molecule has 18 heavy (non-hydrogen) atoms. The SMILES string of the molecule is CC(C)CNC(=O)c1cccc(OS(=O)(=O)F)c1. The molecule has 1 aromatic rings. The number of amides is 1. The summed E-state index contributed by atoms with van der Waals surface area (Å²) < 4.78 is 37.0. The van der Waals surface area contributed by atoms with Crippen LogP contribution in [-0.4, -0.2) is 20.9 Å². The van der Waals surface area contributed by atoms with Crippen molar-refractivity contribution in [1.29, 1.82) is 0 Å². The Morgan fingerprint density at radius 3 is 2.67 bits per heavy atom. The molecule has 0 radical (unpaired) electrons. The Hall–Kier alpha value is -1.63. The number of halogens is 1. The monoisotopic (exact) mass is 275 g/mol. The summed E-state index contributed by atoms with van der Waals surface area (Å²) in [7, 11) is -5.08. The molecule has 0 spiro atoms. The van der Waals surface area contributed by atoms with Crippen LogP contribution in [0.3, 0.4) is 0 Å². The lowest BCUT2D eigenvalue weighted by Crippen LogP contribution is -2.27. The number of hydrogen-bond donors (Lipinski definition) is 1. The fourth-order valence-electron chi connectivity index (χ4n) is 1.20. The molecule has 0 atom stereocenters. The molecule has 0 fully saturated rings. The van der Waals surface area contributed by atoms with Gasteiger partial charge in [-0.1, -0.05) is 23.8 Å². The van der Waals surface area contributed by atoms with Gasteiger partial charge < -0.3 is 9.50 Å². The largest absolute Gasteiger partial charge is 0.488 e. The summed E-state index contributed by atoms with van der Waals surface area (Å²) >= 11 is 0. The Kier molecular flexibility index (Phi) is 4.66. The first-order chi connectivity index (χ1) is 8.28. The van der Waals surface area contributed by atoms with Gasteiger partial charge in [0.25, 0.3) is 5.91 Å². The summed E-state index contributed by atoms with van der Waals surface area (Å²) in [5, 5.41) is 2.65. The van der Waals surface area contributed by atoms with Crippen molar-refractivity contribution in [3.05, 3.63) is 29.8 Å². The highest BCUT2D eigenvalue weighted by atomic mass is 32.3. The average molecular weight is 275 g/mol. The van der Waals surface area contributed by atoms with E-state index in [1.165, 1.54) is 18.2 Å². The van der Waals surface area contributed by atoms with E-state index in [1.807, 2.05) is 13.8 Å². The molecule has 1 rings (SSSR count). The fourth-order valence-corrected chi connectivity index (χ4v) is 1.54. The summed E-state index contributed by atoms with van der Waals surface area (Å²) in [6.45, 7) is 4.37. The molecule has 0 aliphatic heterocycles. The van der Waals surface area contributed by atoms with Crippen molar-refractivity contribution in [3.8, 4) is 5.75 Å². The molecule has 1 amide bonds. The Morgan fingerprint density at radius 2 is 2.11 bits per heavy atom. The summed E-state index contributed by atoms with van der Waals surface area (Å²) in [6, 6.07) is 5.29. The van der Waals surface area contributed by atoms with E-state index in [0.717, 1.165) is 6.07 Å². The summed E-state index contributed by atoms with van der Waals surface area (Å²) in [4.78, 5) is 11.7. The number of benzene rings is 1. The predicted octanol–water partition coefficient (Wildman–Crippen LogP) is 1.67. The highest BCUT2D eigenvalue weighted by molar-refractivity contribution is 7.81. The molecule has 0 unspecified atom stereocenters. The van der Waals surface area contributed by atoms with E-state index < -0.39 is 10.5 Å². The Morgan fingerprint density at radius 1 is 1.44 bits per heavy atom. The fraction of sp³-hybridized carbons (Fsp3) is 0.364. The van der Waals surface area contributed by atoms with Crippen molar-refractivity contribution in [2.45, 2.75) is 13.8 Å². The lowest BCUT2D eigenvalue weighted by molar-refractivity contribution is 0.0948. The van der Waals surface area contributed by atoms with Crippen LogP contribution in [0.2, 0.25) is 0 Å². The van der Waals surface area contributed by atoms with Crippen LogP contribution in [0, 0.1) is 5.92 Å². The number of nitrogens with one attached hydrogen (secondary N) is 1. The first kappa shape index (κ1) is 14.4. The lowest BCUT2D eigenvalue weighted by atomic mass is 10.2. The molecule has 0 saturated heterocycles. The summed E-state index contributed by atoms with van der Waals surface area (Å²) in [5.74, 6) is -0.320. The van der Waals surface area contributed by atoms with Gasteiger partial charge in [0.1, 0.15) is 5.75 Å². The van der Waals surface area contributed by atoms with E-state index in [4.69, 9.17) is 0 Å². The quantitative estimate of drug-likeness (QED) is 0.830. The van der Waals surface area contributed by atoms with Crippen molar-refractivity contribution in [3.63, 3.8) is 0 Å². The molecule has 7 heteroatoms. The van der Waals surface area contributed by atoms with Crippen molar-refractivity contribution >= 4 is 16.4 Å². The molecule has 100 valence electrons. The van der Waals surface area contributed by atoms with Gasteiger partial charge in [-0.15, -0.1) is 0 Å². The molecule has 0 aromatic heterocycles. The van der Waals surface area contributed by atoms with Crippen LogP contribution in [0.5, 0.6) is 5.75 Å². The third-order valence-corrected chi connectivity index (χ3v) is 2.35. The second-order valence-electron chi connectivity index (χ2n) is 4.11. The molecule has 0 bridgehead atoms. The zero-order chi connectivity index (χ0) is 13.8. The van der Waals surface area contributed by atoms with E-state index in [9.17, 15) is 17.1 Å². The second-order valence-corrected chi connectivity index (χ2v) is 5.06. The van der Waals surface area contributed by atoms with E-state index >= 15 is 0 Å². The van der Waals surface area contributed by atoms with Gasteiger partial charge in [0.2, 0.25) is 0 Å². The van der Waals surface area contributed by atoms with E-state index in [2.05, 4.69) is 9.50 Å². The Labute approximate surface area is 105 Å². The summed E-state index contributed by atoms with van der Waals surface area (Å²) in [5.41, 5.74) is 0.205. The van der Waals surface area contributed by atoms with Gasteiger partial charge >= 0.3 is 10.5 Å². The lowest BCUT2D eigenvalue weighted by Gasteiger charge is -2.08. The van der Waals surface area contributed by atoms with Crippen LogP contribution in [0.25, 0.3) is 0 Å². The van der Waals surface area contributed by atoms with E-state index in [-0.39, 0.29) is 17.2 Å². The van der Waals surface area contributed by atoms with Crippen molar-refractivity contribution in [2.75, 3.05) is 6.54 Å². The zero-order valence-corrected chi connectivity index (χ0v) is 10.8. The van der Waals surface area contributed by atoms with Crippen molar-refractivity contribution in [1.82, 2.24) is 5.32 Å². The first-order valence-electron chi connectivity index (χ1n) is 5.30. The molecule has 0 aliphatic carbocycles. The number of carbonyl (C=O) groups excluding carboxylic acids is 1. The average Bonchev–Trinajstić information content (AvgIpc) is 2.23. The van der Waals surface area contributed by atoms with Crippen LogP contribution in [-0.2, 0) is 10.5 Å². The first-order valence-corrected chi connectivity index (χ1v) is 6.61. The number of rotatable bonds is 5. The maximum atomic E-state index is 12.3. The Bertz CT molecular complexity index is 528. The van der Waals surface area contributed by atoms with Crippen molar-refractivity contribution in [2.24, 2.45) is 5.92 Å². The highest BCUT2D eigenvalue weighted by Crippen LogP contribution is 2.16. The molecule has 0 heterocycles. The summed E-state index contributed by atoms with van der Waals surface area (Å²) in [6.07, 6.45) is 0. The third-order valence-electron chi connectivity index (χ3n) is 1.96. The standard InChI is InChI=1S/C11H14FNO4S/c1-8(2)7-13-11(14)9-4-3-5-10(6-9)17-18(12,15)16/h3-6,8H,7H2,1-2H3,(H,13,14). The van der Waals surface area contributed by atoms with Gasteiger partial charge in [-0.25, -0.2) is 0 Å². The van der Waals surface area contributed by atoms with Crippen LogP contribution in [0.4, 0.5) is 3.89 Å². The highest BCUT2D eigenvalue weighted by Gasteiger charge is 2.12. The Balaban J connectivity index is 2.79. The van der Waals surface area contributed by atoms with Crippen LogP contribution >= 0.6 is 0 Å². The second kappa shape index (κ2) is 5.81. The predicted molar refractivity (Wildman–Crippen MR) is 64.3 cm³/mol. The molecule has 0 saturated carbocycles. The topological polar surface area (TPSA) is 72.5 Å². The minimum Gasteiger partial charge on any atom is -0.358 e. The number of hydrogen-bond acceptors (Lipinski definition) is 4. The third kappa shape index (κ3) is 5.13. The normalized spacial score (nSPS) is 11.3. The maximum Gasteiger partial charge on any atom is 0.488 e. The molecule has 0 aliphatic rings. The van der Waals surface area contributed by atoms with Gasteiger partial charge in [0, 0.05) is 12.1 Å². The minimum absolute atomic E-state index is 0.205. The maximum absolute atomic E-state index is 12.3. The van der Waals surface area contributed by atoms with Gasteiger partial charge in [-0.05, 0) is 24.1 Å². The number of carbonyl (C=O) groups is 1. The molecular weight excluding hydrogens is 261 g/mol. The van der Waals surface area contributed by atoms with Crippen LogP contribution in [0.1, 0.15) is 24.2 Å². The van der Waals surface area contributed by atoms with Crippen LogP contribution in [0.15, 0.2) is 24.3 Å².